The number of carbonyl (C=O) groups excluding carboxylic acids is 1. The number of tetrazole rings is 1. The number of anilines is 2. The topological polar surface area (TPSA) is 76.4 Å². The first kappa shape index (κ1) is 33.8. The Morgan fingerprint density at radius 2 is 1.58 bits per heavy atom. The Morgan fingerprint density at radius 1 is 0.978 bits per heavy atom. The minimum absolute atomic E-state index is 0.00103. The van der Waals surface area contributed by atoms with E-state index in [1.54, 1.807) is 13.8 Å². The van der Waals surface area contributed by atoms with E-state index in [-0.39, 0.29) is 53.8 Å². The molecule has 2 aromatic carbocycles. The number of carbonyl (C=O) groups is 1. The van der Waals surface area contributed by atoms with Crippen LogP contribution in [0.3, 0.4) is 0 Å². The largest absolute Gasteiger partial charge is 0.446 e. The van der Waals surface area contributed by atoms with Crippen LogP contribution in [-0.4, -0.2) is 38.9 Å². The van der Waals surface area contributed by atoms with Gasteiger partial charge in [0.05, 0.1) is 41.6 Å². The van der Waals surface area contributed by atoms with Crippen molar-refractivity contribution in [2.24, 2.45) is 7.05 Å². The van der Waals surface area contributed by atoms with Crippen molar-refractivity contribution < 1.29 is 49.0 Å². The van der Waals surface area contributed by atoms with E-state index in [4.69, 9.17) is 4.74 Å². The average molecular weight is 653 g/mol. The first-order valence-electron chi connectivity index (χ1n) is 13.7. The maximum Gasteiger partial charge on any atom is 0.416 e. The number of aromatic nitrogens is 4. The number of nitrogens with zero attached hydrogens (tertiary/aromatic N) is 6. The second kappa shape index (κ2) is 12.0. The molecule has 17 heteroatoms. The van der Waals surface area contributed by atoms with Gasteiger partial charge in [0.15, 0.2) is 0 Å². The second-order valence-corrected chi connectivity index (χ2v) is 11.0. The Morgan fingerprint density at radius 3 is 2.07 bits per heavy atom. The van der Waals surface area contributed by atoms with Gasteiger partial charge in [-0.05, 0) is 86.2 Å². The van der Waals surface area contributed by atoms with E-state index in [9.17, 15) is 44.3 Å². The van der Waals surface area contributed by atoms with Crippen LogP contribution in [-0.2, 0) is 36.9 Å². The Labute approximate surface area is 251 Å². The molecule has 1 aromatic heterocycles. The molecule has 4 rings (SSSR count). The monoisotopic (exact) mass is 652 g/mol. The highest BCUT2D eigenvalue weighted by molar-refractivity contribution is 5.91. The Balaban J connectivity index is 1.97. The van der Waals surface area contributed by atoms with Crippen molar-refractivity contribution in [3.8, 4) is 0 Å². The maximum absolute atomic E-state index is 14.2. The van der Waals surface area contributed by atoms with E-state index in [2.05, 4.69) is 15.4 Å². The van der Waals surface area contributed by atoms with Crippen LogP contribution in [0.1, 0.15) is 71.7 Å². The Hall–Kier alpha value is -4.05. The van der Waals surface area contributed by atoms with E-state index in [1.165, 1.54) is 31.9 Å². The third-order valence-electron chi connectivity index (χ3n) is 7.23. The third kappa shape index (κ3) is 7.27. The van der Waals surface area contributed by atoms with Gasteiger partial charge in [-0.1, -0.05) is 11.2 Å². The molecule has 8 nitrogen and oxygen atoms in total. The molecule has 0 N–H and O–H groups in total. The van der Waals surface area contributed by atoms with Gasteiger partial charge in [-0.15, -0.1) is 5.10 Å². The first-order chi connectivity index (χ1) is 20.7. The minimum atomic E-state index is -5.11. The summed E-state index contributed by atoms with van der Waals surface area (Å²) in [4.78, 5) is 16.6. The van der Waals surface area contributed by atoms with Crippen LogP contribution in [0.25, 0.3) is 0 Å². The summed E-state index contributed by atoms with van der Waals surface area (Å²) in [6.07, 6.45) is -16.3. The van der Waals surface area contributed by atoms with Gasteiger partial charge in [-0.2, -0.15) is 44.3 Å². The summed E-state index contributed by atoms with van der Waals surface area (Å²) in [5.74, 6) is -0.201. The fourth-order valence-electron chi connectivity index (χ4n) is 5.55. The molecular formula is C28H29F9N6O2. The van der Waals surface area contributed by atoms with Gasteiger partial charge >= 0.3 is 24.6 Å². The molecule has 246 valence electrons. The summed E-state index contributed by atoms with van der Waals surface area (Å²) in [6, 6.07) is 1.33. The van der Waals surface area contributed by atoms with Crippen molar-refractivity contribution >= 4 is 17.7 Å². The molecule has 1 aliphatic rings. The molecule has 0 spiro atoms. The van der Waals surface area contributed by atoms with E-state index in [0.717, 1.165) is 9.70 Å². The zero-order chi connectivity index (χ0) is 33.6. The fourth-order valence-corrected chi connectivity index (χ4v) is 5.55. The molecular weight excluding hydrogens is 623 g/mol. The maximum atomic E-state index is 14.2. The quantitative estimate of drug-likeness (QED) is 0.262. The Bertz CT molecular complexity index is 1530. The highest BCUT2D eigenvalue weighted by atomic mass is 19.4. The predicted molar refractivity (Wildman–Crippen MR) is 143 cm³/mol. The molecule has 2 heterocycles. The summed E-state index contributed by atoms with van der Waals surface area (Å²) in [6.45, 7) is 4.85. The smallest absolute Gasteiger partial charge is 0.416 e. The zero-order valence-corrected chi connectivity index (χ0v) is 24.7. The van der Waals surface area contributed by atoms with Crippen molar-refractivity contribution in [3.05, 3.63) is 63.2 Å². The van der Waals surface area contributed by atoms with Crippen molar-refractivity contribution in [3.63, 3.8) is 0 Å². The summed E-state index contributed by atoms with van der Waals surface area (Å²) < 4.78 is 130. The Kier molecular flexibility index (Phi) is 9.05. The molecule has 1 amide bonds. The lowest BCUT2D eigenvalue weighted by Gasteiger charge is -2.34. The number of hydrogen-bond donors (Lipinski definition) is 0. The van der Waals surface area contributed by atoms with Crippen LogP contribution < -0.4 is 9.80 Å². The molecule has 45 heavy (non-hydrogen) atoms. The second-order valence-electron chi connectivity index (χ2n) is 11.0. The number of ether oxygens (including phenoxy) is 1. The number of alkyl halides is 9. The highest BCUT2D eigenvalue weighted by Gasteiger charge is 2.42. The molecule has 1 atom stereocenters. The zero-order valence-electron chi connectivity index (χ0n) is 24.7. The molecule has 1 aliphatic heterocycles. The van der Waals surface area contributed by atoms with Crippen molar-refractivity contribution in [1.82, 2.24) is 20.2 Å². The third-order valence-corrected chi connectivity index (χ3v) is 7.23. The standard InChI is InChI=1S/C28H29F9N6O2/c1-14(2)45-25(44)42-8-6-7-21(20-9-15(3)22(28(35,36)37)16(4)23(20)42)43(24-38-40-41(5)39-24)13-17-10-18(26(29,30)31)12-19(11-17)27(32,33)34/h9-12,14,21H,6-8,13H2,1-5H3. The molecule has 1 unspecified atom stereocenters. The van der Waals surface area contributed by atoms with Crippen LogP contribution >= 0.6 is 0 Å². The van der Waals surface area contributed by atoms with Crippen molar-refractivity contribution in [2.45, 2.75) is 77.8 Å². The summed E-state index contributed by atoms with van der Waals surface area (Å²) in [5, 5.41) is 11.8. The van der Waals surface area contributed by atoms with Crippen LogP contribution in [0.5, 0.6) is 0 Å². The number of halogens is 9. The lowest BCUT2D eigenvalue weighted by molar-refractivity contribution is -0.143. The summed E-state index contributed by atoms with van der Waals surface area (Å²) in [7, 11) is 1.38. The molecule has 0 radical (unpaired) electrons. The van der Waals surface area contributed by atoms with Crippen LogP contribution in [0.2, 0.25) is 0 Å². The minimum Gasteiger partial charge on any atom is -0.446 e. The molecule has 3 aromatic rings. The van der Waals surface area contributed by atoms with Gasteiger partial charge in [-0.25, -0.2) is 4.79 Å². The normalized spacial score (nSPS) is 16.1. The fraction of sp³-hybridized carbons (Fsp3) is 0.500. The summed E-state index contributed by atoms with van der Waals surface area (Å²) in [5.41, 5.74) is -4.94. The van der Waals surface area contributed by atoms with E-state index in [1.807, 2.05) is 0 Å². The van der Waals surface area contributed by atoms with E-state index in [0.29, 0.717) is 12.1 Å². The first-order valence-corrected chi connectivity index (χ1v) is 13.7. The number of benzene rings is 2. The number of aryl methyl sites for hydroxylation is 2. The molecule has 0 aliphatic carbocycles. The van der Waals surface area contributed by atoms with Crippen molar-refractivity contribution in [1.29, 1.82) is 0 Å². The van der Waals surface area contributed by atoms with Crippen LogP contribution in [0.15, 0.2) is 24.3 Å². The van der Waals surface area contributed by atoms with Crippen LogP contribution in [0.4, 0.5) is 55.9 Å². The highest BCUT2D eigenvalue weighted by Crippen LogP contribution is 2.47. The molecule has 0 bridgehead atoms. The number of rotatable bonds is 5. The van der Waals surface area contributed by atoms with Crippen molar-refractivity contribution in [2.75, 3.05) is 16.3 Å². The van der Waals surface area contributed by atoms with Gasteiger partial charge in [-0.3, -0.25) is 4.90 Å². The van der Waals surface area contributed by atoms with Gasteiger partial charge in [0.2, 0.25) is 0 Å². The number of fused-ring (bicyclic) bond motifs is 1. The SMILES string of the molecule is Cc1cc2c(c(C)c1C(F)(F)F)N(C(=O)OC(C)C)CCCC2N(Cc1cc(C(F)(F)F)cc(C(F)(F)F)c1)c1nnn(C)n1. The van der Waals surface area contributed by atoms with Gasteiger partial charge in [0.25, 0.3) is 5.95 Å². The number of amides is 1. The van der Waals surface area contributed by atoms with Gasteiger partial charge < -0.3 is 9.64 Å². The summed E-state index contributed by atoms with van der Waals surface area (Å²) >= 11 is 0. The molecule has 0 fully saturated rings. The van der Waals surface area contributed by atoms with Crippen LogP contribution in [0, 0.1) is 13.8 Å². The number of hydrogen-bond acceptors (Lipinski definition) is 6. The van der Waals surface area contributed by atoms with Gasteiger partial charge in [0.1, 0.15) is 0 Å². The average Bonchev–Trinajstić information content (AvgIpc) is 3.22. The predicted octanol–water partition coefficient (Wildman–Crippen LogP) is 7.78. The van der Waals surface area contributed by atoms with Gasteiger partial charge in [0, 0.05) is 13.1 Å². The lowest BCUT2D eigenvalue weighted by Crippen LogP contribution is -2.35. The van der Waals surface area contributed by atoms with E-state index >= 15 is 0 Å². The molecule has 0 saturated carbocycles. The van der Waals surface area contributed by atoms with E-state index < -0.39 is 65.6 Å². The molecule has 0 saturated heterocycles. The lowest BCUT2D eigenvalue weighted by atomic mass is 9.90.